The Morgan fingerprint density at radius 3 is 2.66 bits per heavy atom. The number of carbonyl (C=O) groups excluding carboxylic acids is 3. The molecule has 0 aromatic heterocycles. The minimum Gasteiger partial charge on any atom is -0.490 e. The van der Waals surface area contributed by atoms with Gasteiger partial charge in [0.15, 0.2) is 30.5 Å². The first kappa shape index (κ1) is 23.6. The van der Waals surface area contributed by atoms with Crippen molar-refractivity contribution < 1.29 is 28.6 Å². The highest BCUT2D eigenvalue weighted by molar-refractivity contribution is 6.08. The predicted octanol–water partition coefficient (Wildman–Crippen LogP) is 4.33. The summed E-state index contributed by atoms with van der Waals surface area (Å²) < 4.78 is 16.6. The summed E-state index contributed by atoms with van der Waals surface area (Å²) in [6, 6.07) is 19.2. The number of hydrogen-bond donors (Lipinski definition) is 2. The van der Waals surface area contributed by atoms with Crippen LogP contribution >= 0.6 is 0 Å². The van der Waals surface area contributed by atoms with E-state index in [4.69, 9.17) is 14.2 Å². The molecule has 0 unspecified atom stereocenters. The van der Waals surface area contributed by atoms with Gasteiger partial charge in [-0.3, -0.25) is 14.4 Å². The molecule has 1 aliphatic heterocycles. The molecule has 0 saturated heterocycles. The maximum Gasteiger partial charge on any atom is 0.262 e. The zero-order chi connectivity index (χ0) is 24.6. The van der Waals surface area contributed by atoms with Crippen molar-refractivity contribution in [3.63, 3.8) is 0 Å². The van der Waals surface area contributed by atoms with Gasteiger partial charge in [0.05, 0.1) is 12.3 Å². The van der Waals surface area contributed by atoms with Crippen molar-refractivity contribution in [3.05, 3.63) is 83.9 Å². The van der Waals surface area contributed by atoms with E-state index in [0.29, 0.717) is 40.8 Å². The fraction of sp³-hybridized carbons (Fsp3) is 0.148. The summed E-state index contributed by atoms with van der Waals surface area (Å²) in [4.78, 5) is 36.4. The zero-order valence-corrected chi connectivity index (χ0v) is 19.1. The molecule has 0 saturated carbocycles. The summed E-state index contributed by atoms with van der Waals surface area (Å²) in [5, 5.41) is 5.45. The fourth-order valence-corrected chi connectivity index (χ4v) is 3.38. The van der Waals surface area contributed by atoms with Crippen LogP contribution in [0.2, 0.25) is 0 Å². The van der Waals surface area contributed by atoms with Gasteiger partial charge in [0.1, 0.15) is 5.75 Å². The maximum atomic E-state index is 12.6. The topological polar surface area (TPSA) is 103 Å². The zero-order valence-electron chi connectivity index (χ0n) is 19.1. The van der Waals surface area contributed by atoms with Crippen LogP contribution < -0.4 is 24.8 Å². The number of allylic oxidation sites excluding steroid dienone is 1. The minimum absolute atomic E-state index is 0.0419. The average molecular weight is 472 g/mol. The molecule has 0 bridgehead atoms. The maximum absolute atomic E-state index is 12.6. The van der Waals surface area contributed by atoms with Crippen LogP contribution in [-0.4, -0.2) is 37.4 Å². The van der Waals surface area contributed by atoms with Gasteiger partial charge in [0.25, 0.3) is 11.8 Å². The molecule has 178 valence electrons. The quantitative estimate of drug-likeness (QED) is 0.355. The van der Waals surface area contributed by atoms with Gasteiger partial charge in [-0.1, -0.05) is 30.3 Å². The highest BCUT2D eigenvalue weighted by atomic mass is 16.5. The molecule has 0 aliphatic carbocycles. The Hall–Kier alpha value is -4.59. The number of ketones is 1. The molecule has 0 fully saturated rings. The average Bonchev–Trinajstić information content (AvgIpc) is 2.87. The van der Waals surface area contributed by atoms with Crippen molar-refractivity contribution in [2.45, 2.75) is 6.92 Å². The molecule has 8 heteroatoms. The summed E-state index contributed by atoms with van der Waals surface area (Å²) in [6.07, 6.45) is 3.09. The third-order valence-electron chi connectivity index (χ3n) is 5.01. The van der Waals surface area contributed by atoms with E-state index in [1.165, 1.54) is 6.08 Å². The van der Waals surface area contributed by atoms with Crippen molar-refractivity contribution in [2.24, 2.45) is 0 Å². The first-order valence-corrected chi connectivity index (χ1v) is 11.1. The van der Waals surface area contributed by atoms with Crippen LogP contribution in [0.25, 0.3) is 6.08 Å². The van der Waals surface area contributed by atoms with Gasteiger partial charge in [0.2, 0.25) is 0 Å². The molecule has 1 heterocycles. The van der Waals surface area contributed by atoms with E-state index in [9.17, 15) is 14.4 Å². The van der Waals surface area contributed by atoms with E-state index in [1.54, 1.807) is 54.6 Å². The number of hydrogen-bond acceptors (Lipinski definition) is 6. The molecular weight excluding hydrogens is 448 g/mol. The number of amides is 2. The highest BCUT2D eigenvalue weighted by Gasteiger charge is 2.17. The van der Waals surface area contributed by atoms with Gasteiger partial charge >= 0.3 is 0 Å². The normalized spacial score (nSPS) is 12.3. The number of para-hydroxylation sites is 1. The number of ether oxygens (including phenoxy) is 3. The van der Waals surface area contributed by atoms with Crippen molar-refractivity contribution in [1.82, 2.24) is 0 Å². The van der Waals surface area contributed by atoms with Gasteiger partial charge in [0, 0.05) is 11.3 Å². The lowest BCUT2D eigenvalue weighted by Crippen LogP contribution is -2.25. The molecule has 0 spiro atoms. The van der Waals surface area contributed by atoms with Gasteiger partial charge in [-0.25, -0.2) is 0 Å². The van der Waals surface area contributed by atoms with E-state index < -0.39 is 0 Å². The molecule has 3 aromatic rings. The molecule has 4 rings (SSSR count). The van der Waals surface area contributed by atoms with Crippen LogP contribution in [0.1, 0.15) is 22.8 Å². The SMILES string of the molecule is CCOc1cc(/C=C/C(=O)c2ccc3c(c2)NC(=O)CO3)ccc1OCC(=O)Nc1ccccc1. The lowest BCUT2D eigenvalue weighted by atomic mass is 10.1. The molecule has 0 radical (unpaired) electrons. The second-order valence-corrected chi connectivity index (χ2v) is 7.59. The molecule has 2 N–H and O–H groups in total. The van der Waals surface area contributed by atoms with Gasteiger partial charge in [-0.15, -0.1) is 0 Å². The number of rotatable bonds is 9. The third-order valence-corrected chi connectivity index (χ3v) is 5.01. The first-order chi connectivity index (χ1) is 17.0. The summed E-state index contributed by atoms with van der Waals surface area (Å²) in [5.41, 5.74) is 2.29. The Kier molecular flexibility index (Phi) is 7.42. The van der Waals surface area contributed by atoms with Crippen LogP contribution in [0.4, 0.5) is 11.4 Å². The second-order valence-electron chi connectivity index (χ2n) is 7.59. The third kappa shape index (κ3) is 6.26. The Morgan fingerprint density at radius 1 is 1.03 bits per heavy atom. The monoisotopic (exact) mass is 472 g/mol. The van der Waals surface area contributed by atoms with Crippen molar-refractivity contribution >= 4 is 35.0 Å². The Morgan fingerprint density at radius 2 is 1.86 bits per heavy atom. The largest absolute Gasteiger partial charge is 0.490 e. The number of benzene rings is 3. The lowest BCUT2D eigenvalue weighted by Gasteiger charge is -2.18. The molecule has 8 nitrogen and oxygen atoms in total. The summed E-state index contributed by atoms with van der Waals surface area (Å²) in [6.45, 7) is 2.03. The molecule has 2 amide bonds. The van der Waals surface area contributed by atoms with Gasteiger partial charge < -0.3 is 24.8 Å². The van der Waals surface area contributed by atoms with E-state index in [2.05, 4.69) is 10.6 Å². The second kappa shape index (κ2) is 11.0. The van der Waals surface area contributed by atoms with Crippen LogP contribution in [0.5, 0.6) is 17.2 Å². The summed E-state index contributed by atoms with van der Waals surface area (Å²) >= 11 is 0. The Balaban J connectivity index is 1.41. The number of nitrogens with one attached hydrogen (secondary N) is 2. The number of fused-ring (bicyclic) bond motifs is 1. The first-order valence-electron chi connectivity index (χ1n) is 11.1. The molecule has 1 aliphatic rings. The van der Waals surface area contributed by atoms with Crippen LogP contribution in [0.3, 0.4) is 0 Å². The minimum atomic E-state index is -0.292. The molecule has 35 heavy (non-hydrogen) atoms. The van der Waals surface area contributed by atoms with E-state index in [1.807, 2.05) is 25.1 Å². The molecular formula is C27H24N2O6. The number of anilines is 2. The fourth-order valence-electron chi connectivity index (χ4n) is 3.38. The summed E-state index contributed by atoms with van der Waals surface area (Å²) in [5.74, 6) is 0.621. The van der Waals surface area contributed by atoms with Crippen molar-refractivity contribution in [1.29, 1.82) is 0 Å². The van der Waals surface area contributed by atoms with Crippen molar-refractivity contribution in [3.8, 4) is 17.2 Å². The summed E-state index contributed by atoms with van der Waals surface area (Å²) in [7, 11) is 0. The Labute approximate surface area is 202 Å². The van der Waals surface area contributed by atoms with Gasteiger partial charge in [-0.2, -0.15) is 0 Å². The highest BCUT2D eigenvalue weighted by Crippen LogP contribution is 2.30. The van der Waals surface area contributed by atoms with E-state index in [-0.39, 0.29) is 30.8 Å². The van der Waals surface area contributed by atoms with Crippen LogP contribution in [-0.2, 0) is 9.59 Å². The lowest BCUT2D eigenvalue weighted by molar-refractivity contribution is -0.119. The Bertz CT molecular complexity index is 1270. The van der Waals surface area contributed by atoms with E-state index >= 15 is 0 Å². The molecule has 0 atom stereocenters. The number of carbonyl (C=O) groups is 3. The standard InChI is InChI=1S/C27H24N2O6/c1-2-33-25-14-18(9-12-24(25)35-16-26(31)28-20-6-4-3-5-7-20)8-11-22(30)19-10-13-23-21(15-19)29-27(32)17-34-23/h3-15H,2,16-17H2,1H3,(H,28,31)(H,29,32)/b11-8+. The van der Waals surface area contributed by atoms with Crippen molar-refractivity contribution in [2.75, 3.05) is 30.5 Å². The van der Waals surface area contributed by atoms with Crippen LogP contribution in [0.15, 0.2) is 72.8 Å². The molecule has 3 aromatic carbocycles. The predicted molar refractivity (Wildman–Crippen MR) is 132 cm³/mol. The smallest absolute Gasteiger partial charge is 0.262 e. The van der Waals surface area contributed by atoms with Crippen LogP contribution in [0, 0.1) is 0 Å². The van der Waals surface area contributed by atoms with Gasteiger partial charge in [-0.05, 0) is 61.0 Å². The van der Waals surface area contributed by atoms with E-state index in [0.717, 1.165) is 5.56 Å².